The molecule has 2 aromatic heterocycles. The van der Waals surface area contributed by atoms with Gasteiger partial charge in [-0.3, -0.25) is 10.1 Å². The summed E-state index contributed by atoms with van der Waals surface area (Å²) in [5, 5.41) is 18.0. The van der Waals surface area contributed by atoms with Crippen LogP contribution in [0.4, 0.5) is 23.0 Å². The zero-order valence-corrected chi connectivity index (χ0v) is 16.9. The van der Waals surface area contributed by atoms with E-state index in [9.17, 15) is 10.1 Å². The van der Waals surface area contributed by atoms with Crippen LogP contribution in [0.1, 0.15) is 32.6 Å². The van der Waals surface area contributed by atoms with Crippen molar-refractivity contribution in [3.63, 3.8) is 0 Å². The number of nitrogen functional groups attached to an aromatic ring is 1. The van der Waals surface area contributed by atoms with Crippen LogP contribution in [0.25, 0.3) is 0 Å². The lowest BCUT2D eigenvalue weighted by atomic mass is 10.4. The largest absolute Gasteiger partial charge is 0.397 e. The summed E-state index contributed by atoms with van der Waals surface area (Å²) in [5.74, 6) is 1.90. The maximum absolute atomic E-state index is 10.4. The van der Waals surface area contributed by atoms with E-state index in [4.69, 9.17) is 10.8 Å². The summed E-state index contributed by atoms with van der Waals surface area (Å²) in [6, 6.07) is 7.10. The third-order valence-corrected chi connectivity index (χ3v) is 4.57. The number of aromatic nitrogens is 2. The Morgan fingerprint density at radius 1 is 0.966 bits per heavy atom. The maximum atomic E-state index is 10.4. The Morgan fingerprint density at radius 3 is 1.76 bits per heavy atom. The van der Waals surface area contributed by atoms with E-state index < -0.39 is 4.92 Å². The molecule has 0 bridgehead atoms. The van der Waals surface area contributed by atoms with Gasteiger partial charge in [-0.1, -0.05) is 0 Å². The fourth-order valence-electron chi connectivity index (χ4n) is 3.15. The number of pyridine rings is 2. The molecule has 2 aliphatic rings. The fourth-order valence-corrected chi connectivity index (χ4v) is 3.15. The second-order valence-corrected chi connectivity index (χ2v) is 6.79. The molecule has 3 N–H and O–H groups in total. The number of aliphatic hydroxyl groups excluding tert-OH is 1. The van der Waals surface area contributed by atoms with Gasteiger partial charge in [0.15, 0.2) is 0 Å². The van der Waals surface area contributed by atoms with Crippen molar-refractivity contribution in [1.29, 1.82) is 0 Å². The van der Waals surface area contributed by atoms with Crippen LogP contribution in [-0.4, -0.2) is 52.8 Å². The van der Waals surface area contributed by atoms with Crippen molar-refractivity contribution in [2.75, 3.05) is 48.3 Å². The average molecular weight is 402 g/mol. The normalized spacial score (nSPS) is 15.2. The van der Waals surface area contributed by atoms with Crippen LogP contribution in [0.3, 0.4) is 0 Å². The standard InChI is InChI=1S/C9H11N3O2.C9H13N3.C2H6O/c13-12(14)8-3-4-9(10-7-8)11-5-1-2-6-11;10-8-3-4-9(11-7-8)12-5-1-2-6-12;1-2-3/h3-4,7H,1-2,5-6H2;3-4,7H,1-2,5-6,10H2;3H,2H2,1H3. The van der Waals surface area contributed by atoms with Crippen LogP contribution >= 0.6 is 0 Å². The van der Waals surface area contributed by atoms with Gasteiger partial charge in [-0.05, 0) is 50.8 Å². The number of rotatable bonds is 3. The van der Waals surface area contributed by atoms with E-state index in [1.807, 2.05) is 12.1 Å². The molecule has 0 radical (unpaired) electrons. The van der Waals surface area contributed by atoms with Crippen LogP contribution in [0.5, 0.6) is 0 Å². The summed E-state index contributed by atoms with van der Waals surface area (Å²) >= 11 is 0. The van der Waals surface area contributed by atoms with Crippen LogP contribution in [-0.2, 0) is 0 Å². The molecule has 29 heavy (non-hydrogen) atoms. The fraction of sp³-hybridized carbons (Fsp3) is 0.500. The van der Waals surface area contributed by atoms with Gasteiger partial charge in [0.25, 0.3) is 5.69 Å². The third-order valence-electron chi connectivity index (χ3n) is 4.57. The lowest BCUT2D eigenvalue weighted by Crippen LogP contribution is -2.18. The highest BCUT2D eigenvalue weighted by Gasteiger charge is 2.14. The third kappa shape index (κ3) is 7.19. The Hall–Kier alpha value is -2.94. The zero-order chi connectivity index (χ0) is 21.1. The van der Waals surface area contributed by atoms with Crippen molar-refractivity contribution >= 4 is 23.0 Å². The number of anilines is 3. The molecule has 4 heterocycles. The lowest BCUT2D eigenvalue weighted by Gasteiger charge is -2.15. The minimum atomic E-state index is -0.430. The first kappa shape index (κ1) is 22.4. The Bertz CT molecular complexity index is 727. The molecule has 2 aromatic rings. The monoisotopic (exact) mass is 402 g/mol. The molecule has 2 fully saturated rings. The molecule has 0 unspecified atom stereocenters. The van der Waals surface area contributed by atoms with Gasteiger partial charge < -0.3 is 20.6 Å². The molecule has 0 spiro atoms. The van der Waals surface area contributed by atoms with E-state index in [1.54, 1.807) is 19.2 Å². The smallest absolute Gasteiger partial charge is 0.287 e. The Balaban J connectivity index is 0.000000184. The highest BCUT2D eigenvalue weighted by atomic mass is 16.6. The number of nitro groups is 1. The second kappa shape index (κ2) is 11.8. The predicted octanol–water partition coefficient (Wildman–Crippen LogP) is 2.85. The van der Waals surface area contributed by atoms with Gasteiger partial charge >= 0.3 is 0 Å². The quantitative estimate of drug-likeness (QED) is 0.594. The molecule has 4 rings (SSSR count). The first-order chi connectivity index (χ1) is 14.0. The minimum Gasteiger partial charge on any atom is -0.397 e. The average Bonchev–Trinajstić information content (AvgIpc) is 3.44. The first-order valence-electron chi connectivity index (χ1n) is 9.98. The van der Waals surface area contributed by atoms with E-state index in [1.165, 1.54) is 37.9 Å². The molecule has 0 amide bonds. The van der Waals surface area contributed by atoms with Crippen molar-refractivity contribution in [3.8, 4) is 0 Å². The van der Waals surface area contributed by atoms with Gasteiger partial charge in [-0.15, -0.1) is 0 Å². The molecule has 2 aliphatic heterocycles. The van der Waals surface area contributed by atoms with Crippen molar-refractivity contribution < 1.29 is 10.0 Å². The number of nitrogens with two attached hydrogens (primary N) is 1. The summed E-state index contributed by atoms with van der Waals surface area (Å²) in [6.07, 6.45) is 7.96. The van der Waals surface area contributed by atoms with Gasteiger partial charge in [0.05, 0.1) is 16.8 Å². The van der Waals surface area contributed by atoms with E-state index in [-0.39, 0.29) is 12.3 Å². The Morgan fingerprint density at radius 2 is 1.41 bits per heavy atom. The summed E-state index contributed by atoms with van der Waals surface area (Å²) < 4.78 is 0. The molecule has 0 aromatic carbocycles. The van der Waals surface area contributed by atoms with E-state index >= 15 is 0 Å². The van der Waals surface area contributed by atoms with Crippen LogP contribution in [0.2, 0.25) is 0 Å². The lowest BCUT2D eigenvalue weighted by molar-refractivity contribution is -0.385. The second-order valence-electron chi connectivity index (χ2n) is 6.79. The molecule has 9 nitrogen and oxygen atoms in total. The number of nitrogens with zero attached hydrogens (tertiary/aromatic N) is 5. The topological polar surface area (TPSA) is 122 Å². The van der Waals surface area contributed by atoms with Gasteiger partial charge in [-0.25, -0.2) is 9.97 Å². The Kier molecular flexibility index (Phi) is 9.10. The summed E-state index contributed by atoms with van der Waals surface area (Å²) in [7, 11) is 0. The molecule has 0 atom stereocenters. The van der Waals surface area contributed by atoms with E-state index in [2.05, 4.69) is 19.8 Å². The number of hydrogen-bond donors (Lipinski definition) is 2. The van der Waals surface area contributed by atoms with Crippen LogP contribution in [0.15, 0.2) is 36.7 Å². The van der Waals surface area contributed by atoms with Crippen molar-refractivity contribution in [3.05, 3.63) is 46.8 Å². The van der Waals surface area contributed by atoms with Gasteiger partial charge in [0, 0.05) is 38.9 Å². The van der Waals surface area contributed by atoms with Gasteiger partial charge in [-0.2, -0.15) is 0 Å². The van der Waals surface area contributed by atoms with Gasteiger partial charge in [0.2, 0.25) is 0 Å². The SMILES string of the molecule is CCO.Nc1ccc(N2CCCC2)nc1.O=[N+]([O-])c1ccc(N2CCCC2)nc1. The summed E-state index contributed by atoms with van der Waals surface area (Å²) in [4.78, 5) is 22.7. The molecule has 158 valence electrons. The van der Waals surface area contributed by atoms with Crippen molar-refractivity contribution in [2.45, 2.75) is 32.6 Å². The summed E-state index contributed by atoms with van der Waals surface area (Å²) in [5.41, 5.74) is 6.33. The van der Waals surface area contributed by atoms with Crippen molar-refractivity contribution in [1.82, 2.24) is 9.97 Å². The minimum absolute atomic E-state index is 0.0490. The maximum Gasteiger partial charge on any atom is 0.287 e. The number of aliphatic hydroxyl groups is 1. The van der Waals surface area contributed by atoms with Crippen LogP contribution < -0.4 is 15.5 Å². The molecule has 9 heteroatoms. The first-order valence-corrected chi connectivity index (χ1v) is 9.98. The highest BCUT2D eigenvalue weighted by Crippen LogP contribution is 2.20. The Labute approximate surface area is 171 Å². The molecule has 0 saturated carbocycles. The van der Waals surface area contributed by atoms with E-state index in [0.717, 1.165) is 43.5 Å². The molecule has 0 aliphatic carbocycles. The molecular weight excluding hydrogens is 372 g/mol. The molecule has 2 saturated heterocycles. The van der Waals surface area contributed by atoms with Crippen molar-refractivity contribution in [2.24, 2.45) is 0 Å². The zero-order valence-electron chi connectivity index (χ0n) is 16.9. The summed E-state index contributed by atoms with van der Waals surface area (Å²) in [6.45, 7) is 6.21. The van der Waals surface area contributed by atoms with E-state index in [0.29, 0.717) is 0 Å². The molecular formula is C20H30N6O3. The highest BCUT2D eigenvalue weighted by molar-refractivity contribution is 5.46. The predicted molar refractivity (Wildman–Crippen MR) is 115 cm³/mol. The number of hydrogen-bond acceptors (Lipinski definition) is 8. The van der Waals surface area contributed by atoms with Gasteiger partial charge in [0.1, 0.15) is 17.8 Å². The van der Waals surface area contributed by atoms with Crippen LogP contribution in [0, 0.1) is 10.1 Å².